The zero-order valence-corrected chi connectivity index (χ0v) is 14.9. The van der Waals surface area contributed by atoms with Gasteiger partial charge in [0.25, 0.3) is 0 Å². The highest BCUT2D eigenvalue weighted by molar-refractivity contribution is 5.87. The van der Waals surface area contributed by atoms with Crippen LogP contribution in [0, 0.1) is 11.3 Å². The molecule has 6 nitrogen and oxygen atoms in total. The Hall–Kier alpha value is -2.78. The summed E-state index contributed by atoms with van der Waals surface area (Å²) in [5.41, 5.74) is 1.96. The fourth-order valence-electron chi connectivity index (χ4n) is 2.29. The van der Waals surface area contributed by atoms with Gasteiger partial charge in [-0.1, -0.05) is 24.3 Å². The van der Waals surface area contributed by atoms with Crippen molar-refractivity contribution in [2.75, 3.05) is 13.7 Å². The van der Waals surface area contributed by atoms with Gasteiger partial charge in [0.1, 0.15) is 6.07 Å². The van der Waals surface area contributed by atoms with Crippen LogP contribution in [0.2, 0.25) is 0 Å². The minimum Gasteiger partial charge on any atom is -0.380 e. The number of methoxy groups -OCH3 is 1. The molecular weight excluding hydrogens is 316 g/mol. The molecule has 0 saturated heterocycles. The quantitative estimate of drug-likeness (QED) is 0.874. The van der Waals surface area contributed by atoms with Crippen LogP contribution in [0.3, 0.4) is 0 Å². The van der Waals surface area contributed by atoms with Crippen molar-refractivity contribution in [2.24, 2.45) is 0 Å². The number of nitriles is 1. The predicted molar refractivity (Wildman–Crippen MR) is 94.7 cm³/mol. The van der Waals surface area contributed by atoms with E-state index in [-0.39, 0.29) is 17.7 Å². The second kappa shape index (κ2) is 7.86. The fourth-order valence-corrected chi connectivity index (χ4v) is 2.29. The smallest absolute Gasteiger partial charge is 0.230 e. The van der Waals surface area contributed by atoms with E-state index in [0.717, 1.165) is 11.1 Å². The van der Waals surface area contributed by atoms with Gasteiger partial charge in [-0.05, 0) is 26.3 Å². The number of nitrogens with zero attached hydrogens (tertiary/aromatic N) is 3. The minimum absolute atomic E-state index is 0.0342. The molecule has 1 unspecified atom stereocenters. The van der Waals surface area contributed by atoms with E-state index in [4.69, 9.17) is 10.00 Å². The number of hydrogen-bond donors (Lipinski definition) is 1. The van der Waals surface area contributed by atoms with Gasteiger partial charge in [-0.2, -0.15) is 5.26 Å². The molecule has 2 aromatic rings. The molecule has 0 aliphatic heterocycles. The summed E-state index contributed by atoms with van der Waals surface area (Å²) in [7, 11) is 1.62. The number of rotatable bonds is 6. The molecule has 0 bridgehead atoms. The molecule has 6 heteroatoms. The normalized spacial score (nSPS) is 12.3. The lowest BCUT2D eigenvalue weighted by Crippen LogP contribution is -2.43. The molecule has 0 aliphatic carbocycles. The molecule has 1 aromatic heterocycles. The van der Waals surface area contributed by atoms with E-state index in [2.05, 4.69) is 15.3 Å². The van der Waals surface area contributed by atoms with Crippen molar-refractivity contribution in [1.29, 1.82) is 5.26 Å². The van der Waals surface area contributed by atoms with Gasteiger partial charge < -0.3 is 10.1 Å². The SMILES string of the molecule is COC(C)CNC(=O)C(C)(C)c1ccc(-c2cncc(C#N)n2)cc1. The van der Waals surface area contributed by atoms with Gasteiger partial charge in [-0.15, -0.1) is 0 Å². The van der Waals surface area contributed by atoms with Gasteiger partial charge in [0.05, 0.1) is 29.6 Å². The molecule has 0 saturated carbocycles. The topological polar surface area (TPSA) is 87.9 Å². The Kier molecular flexibility index (Phi) is 5.84. The van der Waals surface area contributed by atoms with Crippen molar-refractivity contribution < 1.29 is 9.53 Å². The predicted octanol–water partition coefficient (Wildman–Crippen LogP) is 2.44. The second-order valence-corrected chi connectivity index (χ2v) is 6.36. The lowest BCUT2D eigenvalue weighted by molar-refractivity contribution is -0.126. The van der Waals surface area contributed by atoms with E-state index in [1.54, 1.807) is 13.3 Å². The first-order valence-corrected chi connectivity index (χ1v) is 8.02. The summed E-state index contributed by atoms with van der Waals surface area (Å²) in [6.45, 7) is 6.13. The van der Waals surface area contributed by atoms with Crippen molar-refractivity contribution in [1.82, 2.24) is 15.3 Å². The summed E-state index contributed by atoms with van der Waals surface area (Å²) in [4.78, 5) is 20.7. The molecule has 1 aromatic carbocycles. The number of carbonyl (C=O) groups excluding carboxylic acids is 1. The molecule has 0 spiro atoms. The van der Waals surface area contributed by atoms with Crippen molar-refractivity contribution in [3.63, 3.8) is 0 Å². The van der Waals surface area contributed by atoms with Crippen molar-refractivity contribution >= 4 is 5.91 Å². The third kappa shape index (κ3) is 4.40. The van der Waals surface area contributed by atoms with Gasteiger partial charge in [0.2, 0.25) is 5.91 Å². The van der Waals surface area contributed by atoms with E-state index < -0.39 is 5.41 Å². The Balaban J connectivity index is 2.17. The largest absolute Gasteiger partial charge is 0.380 e. The maximum absolute atomic E-state index is 12.5. The zero-order chi connectivity index (χ0) is 18.4. The first-order chi connectivity index (χ1) is 11.9. The molecule has 1 atom stereocenters. The molecule has 0 aliphatic rings. The molecule has 0 fully saturated rings. The third-order valence-corrected chi connectivity index (χ3v) is 4.17. The molecule has 2 rings (SSSR count). The van der Waals surface area contributed by atoms with Crippen molar-refractivity contribution in [3.05, 3.63) is 47.9 Å². The Morgan fingerprint density at radius 1 is 1.32 bits per heavy atom. The minimum atomic E-state index is -0.674. The van der Waals surface area contributed by atoms with Crippen LogP contribution in [0.4, 0.5) is 0 Å². The third-order valence-electron chi connectivity index (χ3n) is 4.17. The van der Waals surface area contributed by atoms with E-state index >= 15 is 0 Å². The number of benzene rings is 1. The van der Waals surface area contributed by atoms with E-state index in [9.17, 15) is 4.79 Å². The summed E-state index contributed by atoms with van der Waals surface area (Å²) in [5.74, 6) is -0.0598. The highest BCUT2D eigenvalue weighted by atomic mass is 16.5. The molecule has 1 heterocycles. The first-order valence-electron chi connectivity index (χ1n) is 8.02. The number of amides is 1. The van der Waals surface area contributed by atoms with Crippen LogP contribution in [0.15, 0.2) is 36.7 Å². The molecular formula is C19H22N4O2. The Morgan fingerprint density at radius 3 is 2.60 bits per heavy atom. The monoisotopic (exact) mass is 338 g/mol. The van der Waals surface area contributed by atoms with Crippen molar-refractivity contribution in [2.45, 2.75) is 32.3 Å². The Bertz CT molecular complexity index is 779. The summed E-state index contributed by atoms with van der Waals surface area (Å²) < 4.78 is 5.15. The van der Waals surface area contributed by atoms with Gasteiger partial charge in [-0.25, -0.2) is 4.98 Å². The highest BCUT2D eigenvalue weighted by Gasteiger charge is 2.29. The van der Waals surface area contributed by atoms with Crippen LogP contribution in [0.25, 0.3) is 11.3 Å². The number of hydrogen-bond acceptors (Lipinski definition) is 5. The Morgan fingerprint density at radius 2 is 2.00 bits per heavy atom. The average molecular weight is 338 g/mol. The number of nitrogens with one attached hydrogen (secondary N) is 1. The van der Waals surface area contributed by atoms with E-state index in [1.165, 1.54) is 6.20 Å². The standard InChI is InChI=1S/C19H22N4O2/c1-13(25-4)10-22-18(24)19(2,3)15-7-5-14(6-8-15)17-12-21-11-16(9-20)23-17/h5-8,11-13H,10H2,1-4H3,(H,22,24). The number of ether oxygens (including phenoxy) is 1. The zero-order valence-electron chi connectivity index (χ0n) is 14.9. The van der Waals surface area contributed by atoms with Gasteiger partial charge >= 0.3 is 0 Å². The molecule has 1 amide bonds. The second-order valence-electron chi connectivity index (χ2n) is 6.36. The molecule has 130 valence electrons. The number of aromatic nitrogens is 2. The summed E-state index contributed by atoms with van der Waals surface area (Å²) in [5, 5.41) is 11.8. The van der Waals surface area contributed by atoms with Crippen LogP contribution in [0.5, 0.6) is 0 Å². The van der Waals surface area contributed by atoms with Crippen LogP contribution in [0.1, 0.15) is 32.0 Å². The molecule has 25 heavy (non-hydrogen) atoms. The maximum Gasteiger partial charge on any atom is 0.230 e. The van der Waals surface area contributed by atoms with E-state index in [1.807, 2.05) is 51.1 Å². The summed E-state index contributed by atoms with van der Waals surface area (Å²) in [6, 6.07) is 9.54. The lowest BCUT2D eigenvalue weighted by atomic mass is 9.83. The fraction of sp³-hybridized carbons (Fsp3) is 0.368. The van der Waals surface area contributed by atoms with Gasteiger partial charge in [-0.3, -0.25) is 9.78 Å². The van der Waals surface area contributed by atoms with E-state index in [0.29, 0.717) is 12.2 Å². The van der Waals surface area contributed by atoms with Crippen LogP contribution >= 0.6 is 0 Å². The summed E-state index contributed by atoms with van der Waals surface area (Å²) in [6.07, 6.45) is 3.00. The van der Waals surface area contributed by atoms with Crippen molar-refractivity contribution in [3.8, 4) is 17.3 Å². The van der Waals surface area contributed by atoms with Crippen LogP contribution in [-0.4, -0.2) is 35.6 Å². The van der Waals surface area contributed by atoms with Crippen LogP contribution in [-0.2, 0) is 14.9 Å². The van der Waals surface area contributed by atoms with Gasteiger partial charge in [0.15, 0.2) is 5.69 Å². The molecule has 0 radical (unpaired) electrons. The summed E-state index contributed by atoms with van der Waals surface area (Å²) >= 11 is 0. The highest BCUT2D eigenvalue weighted by Crippen LogP contribution is 2.26. The van der Waals surface area contributed by atoms with Gasteiger partial charge in [0, 0.05) is 19.2 Å². The first kappa shape index (κ1) is 18.6. The average Bonchev–Trinajstić information content (AvgIpc) is 2.65. The maximum atomic E-state index is 12.5. The number of carbonyl (C=O) groups is 1. The van der Waals surface area contributed by atoms with Crippen LogP contribution < -0.4 is 5.32 Å². The lowest BCUT2D eigenvalue weighted by Gasteiger charge is -2.25. The Labute approximate surface area is 147 Å². The molecule has 1 N–H and O–H groups in total.